The first-order chi connectivity index (χ1) is 12.8. The van der Waals surface area contributed by atoms with E-state index in [0.717, 1.165) is 5.56 Å². The van der Waals surface area contributed by atoms with E-state index in [1.807, 2.05) is 12.1 Å². The molecule has 1 aliphatic heterocycles. The highest BCUT2D eigenvalue weighted by Crippen LogP contribution is 2.29. The topological polar surface area (TPSA) is 90.9 Å². The second-order valence-electron chi connectivity index (χ2n) is 6.80. The molecule has 0 aromatic heterocycles. The summed E-state index contributed by atoms with van der Waals surface area (Å²) in [6.45, 7) is 3.78. The first-order valence-electron chi connectivity index (χ1n) is 8.35. The van der Waals surface area contributed by atoms with Crippen LogP contribution in [0.3, 0.4) is 0 Å². The summed E-state index contributed by atoms with van der Waals surface area (Å²) in [5.41, 5.74) is 1.60. The van der Waals surface area contributed by atoms with Crippen LogP contribution in [0.5, 0.6) is 11.5 Å². The molecule has 7 nitrogen and oxygen atoms in total. The van der Waals surface area contributed by atoms with Gasteiger partial charge in [-0.3, -0.25) is 10.0 Å². The number of hydroxylamine groups is 1. The number of urea groups is 1. The van der Waals surface area contributed by atoms with Gasteiger partial charge in [0, 0.05) is 6.54 Å². The van der Waals surface area contributed by atoms with E-state index in [-0.39, 0.29) is 18.4 Å². The highest BCUT2D eigenvalue weighted by Gasteiger charge is 2.49. The van der Waals surface area contributed by atoms with Gasteiger partial charge in [-0.05, 0) is 55.8 Å². The van der Waals surface area contributed by atoms with Crippen molar-refractivity contribution < 1.29 is 23.9 Å². The lowest BCUT2D eigenvalue weighted by Gasteiger charge is -2.33. The molecule has 142 valence electrons. The Hall–Kier alpha value is -3.13. The van der Waals surface area contributed by atoms with Gasteiger partial charge < -0.3 is 15.0 Å². The number of hydrogen-bond donors (Lipinski definition) is 3. The minimum atomic E-state index is -0.865. The van der Waals surface area contributed by atoms with Gasteiger partial charge in [0.15, 0.2) is 0 Å². The van der Waals surface area contributed by atoms with E-state index in [9.17, 15) is 14.0 Å². The van der Waals surface area contributed by atoms with Crippen molar-refractivity contribution in [3.63, 3.8) is 0 Å². The van der Waals surface area contributed by atoms with E-state index in [1.165, 1.54) is 29.2 Å². The fraction of sp³-hybridized carbons (Fsp3) is 0.263. The molecule has 8 heteroatoms. The van der Waals surface area contributed by atoms with Gasteiger partial charge in [0.1, 0.15) is 23.4 Å². The number of rotatable bonds is 5. The monoisotopic (exact) mass is 373 g/mol. The lowest BCUT2D eigenvalue weighted by molar-refractivity contribution is -0.132. The number of hydrogen-bond acceptors (Lipinski definition) is 4. The van der Waals surface area contributed by atoms with Crippen LogP contribution in [0.15, 0.2) is 48.5 Å². The molecule has 1 heterocycles. The van der Waals surface area contributed by atoms with Crippen molar-refractivity contribution in [3.05, 3.63) is 59.9 Å². The van der Waals surface area contributed by atoms with Crippen molar-refractivity contribution >= 4 is 11.9 Å². The fourth-order valence-corrected chi connectivity index (χ4v) is 3.01. The van der Waals surface area contributed by atoms with Crippen LogP contribution in [0.25, 0.3) is 0 Å². The van der Waals surface area contributed by atoms with E-state index in [0.29, 0.717) is 11.5 Å². The molecule has 0 bridgehead atoms. The molecule has 3 rings (SSSR count). The standard InChI is InChI=1S/C19H20FN3O4/c1-19(2)16(17(24)22-26)21-18(25)23(19)11-12-3-7-14(8-4-12)27-15-9-5-13(20)6-10-15/h3-10,16,26H,11H2,1-2H3,(H,21,25)(H,22,24). The smallest absolute Gasteiger partial charge is 0.318 e. The number of carbonyl (C=O) groups is 2. The molecular formula is C19H20FN3O4. The van der Waals surface area contributed by atoms with E-state index in [4.69, 9.17) is 9.94 Å². The molecule has 0 spiro atoms. The van der Waals surface area contributed by atoms with E-state index < -0.39 is 17.5 Å². The molecular weight excluding hydrogens is 353 g/mol. The van der Waals surface area contributed by atoms with Gasteiger partial charge in [0.25, 0.3) is 5.91 Å². The maximum absolute atomic E-state index is 12.9. The molecule has 0 aliphatic carbocycles. The van der Waals surface area contributed by atoms with Crippen molar-refractivity contribution in [2.24, 2.45) is 0 Å². The molecule has 3 amide bonds. The van der Waals surface area contributed by atoms with Gasteiger partial charge >= 0.3 is 6.03 Å². The van der Waals surface area contributed by atoms with Gasteiger partial charge in [-0.15, -0.1) is 0 Å². The van der Waals surface area contributed by atoms with E-state index >= 15 is 0 Å². The summed E-state index contributed by atoms with van der Waals surface area (Å²) in [5, 5.41) is 11.4. The van der Waals surface area contributed by atoms with Gasteiger partial charge in [-0.2, -0.15) is 0 Å². The Morgan fingerprint density at radius 2 is 1.74 bits per heavy atom. The van der Waals surface area contributed by atoms with Gasteiger partial charge in [-0.25, -0.2) is 14.7 Å². The average Bonchev–Trinajstić information content (AvgIpc) is 2.87. The highest BCUT2D eigenvalue weighted by atomic mass is 19.1. The molecule has 27 heavy (non-hydrogen) atoms. The Morgan fingerprint density at radius 3 is 2.30 bits per heavy atom. The Balaban J connectivity index is 1.70. The van der Waals surface area contributed by atoms with Gasteiger partial charge in [0.2, 0.25) is 0 Å². The Morgan fingerprint density at radius 1 is 1.19 bits per heavy atom. The number of ether oxygens (including phenoxy) is 1. The zero-order chi connectivity index (χ0) is 19.6. The molecule has 1 fully saturated rings. The van der Waals surface area contributed by atoms with Crippen LogP contribution in [0, 0.1) is 5.82 Å². The first kappa shape index (κ1) is 18.7. The summed E-state index contributed by atoms with van der Waals surface area (Å²) in [7, 11) is 0. The zero-order valence-corrected chi connectivity index (χ0v) is 14.9. The molecule has 1 atom stereocenters. The summed E-state index contributed by atoms with van der Waals surface area (Å²) >= 11 is 0. The van der Waals surface area contributed by atoms with Crippen molar-refractivity contribution in [1.29, 1.82) is 0 Å². The molecule has 0 saturated carbocycles. The fourth-order valence-electron chi connectivity index (χ4n) is 3.01. The summed E-state index contributed by atoms with van der Waals surface area (Å²) in [4.78, 5) is 25.6. The predicted molar refractivity (Wildman–Crippen MR) is 94.8 cm³/mol. The number of nitrogens with zero attached hydrogens (tertiary/aromatic N) is 1. The van der Waals surface area contributed by atoms with E-state index in [1.54, 1.807) is 31.5 Å². The number of halogens is 1. The summed E-state index contributed by atoms with van der Waals surface area (Å²) in [6.07, 6.45) is 0. The molecule has 2 aromatic rings. The van der Waals surface area contributed by atoms with Crippen LogP contribution < -0.4 is 15.5 Å². The largest absolute Gasteiger partial charge is 0.457 e. The third kappa shape index (κ3) is 3.85. The number of carbonyl (C=O) groups excluding carboxylic acids is 2. The molecule has 1 saturated heterocycles. The van der Waals surface area contributed by atoms with Crippen molar-refractivity contribution in [2.75, 3.05) is 0 Å². The quantitative estimate of drug-likeness (QED) is 0.555. The number of amides is 3. The van der Waals surface area contributed by atoms with Gasteiger partial charge in [-0.1, -0.05) is 12.1 Å². The summed E-state index contributed by atoms with van der Waals surface area (Å²) < 4.78 is 18.6. The second-order valence-corrected chi connectivity index (χ2v) is 6.80. The Bertz CT molecular complexity index is 837. The van der Waals surface area contributed by atoms with E-state index in [2.05, 4.69) is 5.32 Å². The average molecular weight is 373 g/mol. The third-order valence-corrected chi connectivity index (χ3v) is 4.60. The Labute approximate surface area is 155 Å². The zero-order valence-electron chi connectivity index (χ0n) is 14.9. The van der Waals surface area contributed by atoms with Crippen LogP contribution in [0.2, 0.25) is 0 Å². The van der Waals surface area contributed by atoms with Crippen LogP contribution in [0.4, 0.5) is 9.18 Å². The van der Waals surface area contributed by atoms with Crippen molar-refractivity contribution in [3.8, 4) is 11.5 Å². The Kier molecular flexibility index (Phi) is 5.00. The summed E-state index contributed by atoms with van der Waals surface area (Å²) in [6, 6.07) is 11.6. The number of benzene rings is 2. The minimum absolute atomic E-state index is 0.283. The van der Waals surface area contributed by atoms with Crippen molar-refractivity contribution in [2.45, 2.75) is 32.0 Å². The van der Waals surface area contributed by atoms with Crippen molar-refractivity contribution in [1.82, 2.24) is 15.7 Å². The normalized spacial score (nSPS) is 18.1. The second kappa shape index (κ2) is 7.24. The lowest BCUT2D eigenvalue weighted by Crippen LogP contribution is -2.53. The van der Waals surface area contributed by atoms with Crippen LogP contribution in [-0.4, -0.2) is 33.6 Å². The van der Waals surface area contributed by atoms with Crippen LogP contribution in [0.1, 0.15) is 19.4 Å². The molecule has 3 N–H and O–H groups in total. The molecule has 1 aliphatic rings. The van der Waals surface area contributed by atoms with Gasteiger partial charge in [0.05, 0.1) is 5.54 Å². The SMILES string of the molecule is CC1(C)C(C(=O)NO)NC(=O)N1Cc1ccc(Oc2ccc(F)cc2)cc1. The maximum Gasteiger partial charge on any atom is 0.318 e. The highest BCUT2D eigenvalue weighted by molar-refractivity contribution is 5.91. The minimum Gasteiger partial charge on any atom is -0.457 e. The molecule has 0 radical (unpaired) electrons. The third-order valence-electron chi connectivity index (χ3n) is 4.60. The summed E-state index contributed by atoms with van der Waals surface area (Å²) in [5.74, 6) is 0.0892. The maximum atomic E-state index is 12.9. The molecule has 1 unspecified atom stereocenters. The van der Waals surface area contributed by atoms with Crippen LogP contribution >= 0.6 is 0 Å². The number of nitrogens with one attached hydrogen (secondary N) is 2. The van der Waals surface area contributed by atoms with Crippen LogP contribution in [-0.2, 0) is 11.3 Å². The molecule has 2 aromatic carbocycles. The predicted octanol–water partition coefficient (Wildman–Crippen LogP) is 2.80. The lowest BCUT2D eigenvalue weighted by atomic mass is 9.94. The first-order valence-corrected chi connectivity index (χ1v) is 8.35.